The zero-order valence-electron chi connectivity index (χ0n) is 20.8. The molecule has 2 saturated heterocycles. The van der Waals surface area contributed by atoms with Crippen molar-refractivity contribution in [2.24, 2.45) is 0 Å². The molecule has 0 bridgehead atoms. The number of nitrogens with zero attached hydrogens (tertiary/aromatic N) is 2. The van der Waals surface area contributed by atoms with Crippen LogP contribution in [0.4, 0.5) is 5.69 Å². The van der Waals surface area contributed by atoms with Crippen molar-refractivity contribution in [3.8, 4) is 0 Å². The highest BCUT2D eigenvalue weighted by Gasteiger charge is 2.55. The van der Waals surface area contributed by atoms with Crippen molar-refractivity contribution >= 4 is 11.6 Å². The van der Waals surface area contributed by atoms with E-state index in [0.29, 0.717) is 6.04 Å². The van der Waals surface area contributed by atoms with E-state index in [2.05, 4.69) is 70.6 Å². The highest BCUT2D eigenvalue weighted by molar-refractivity contribution is 5.94. The van der Waals surface area contributed by atoms with E-state index in [1.807, 2.05) is 6.07 Å². The summed E-state index contributed by atoms with van der Waals surface area (Å²) in [6.07, 6.45) is 14.0. The zero-order valence-corrected chi connectivity index (χ0v) is 20.8. The van der Waals surface area contributed by atoms with E-state index in [4.69, 9.17) is 0 Å². The lowest BCUT2D eigenvalue weighted by atomic mass is 9.83. The lowest BCUT2D eigenvalue weighted by Crippen LogP contribution is -2.58. The number of hydrogen-bond donors (Lipinski definition) is 1. The van der Waals surface area contributed by atoms with Gasteiger partial charge in [-0.3, -0.25) is 4.79 Å². The second kappa shape index (κ2) is 10.5. The van der Waals surface area contributed by atoms with Crippen molar-refractivity contribution in [3.63, 3.8) is 0 Å². The Bertz CT molecular complexity index is 941. The van der Waals surface area contributed by atoms with Gasteiger partial charge >= 0.3 is 0 Å². The molecule has 2 heterocycles. The van der Waals surface area contributed by atoms with Gasteiger partial charge in [-0.2, -0.15) is 0 Å². The van der Waals surface area contributed by atoms with Gasteiger partial charge in [-0.05, 0) is 55.9 Å². The fourth-order valence-corrected chi connectivity index (χ4v) is 6.60. The highest BCUT2D eigenvalue weighted by atomic mass is 16.2. The molecular weight excluding hydrogens is 418 g/mol. The van der Waals surface area contributed by atoms with Gasteiger partial charge in [-0.1, -0.05) is 87.4 Å². The summed E-state index contributed by atoms with van der Waals surface area (Å²) >= 11 is 0. The van der Waals surface area contributed by atoms with Crippen LogP contribution in [0.1, 0.15) is 87.9 Å². The largest absolute Gasteiger partial charge is 0.332 e. The van der Waals surface area contributed by atoms with Crippen molar-refractivity contribution in [2.45, 2.75) is 95.3 Å². The van der Waals surface area contributed by atoms with Crippen molar-refractivity contribution in [1.29, 1.82) is 0 Å². The maximum Gasteiger partial charge on any atom is 0.247 e. The number of anilines is 1. The van der Waals surface area contributed by atoms with E-state index in [-0.39, 0.29) is 12.1 Å². The van der Waals surface area contributed by atoms with Gasteiger partial charge in [-0.25, -0.2) is 0 Å². The lowest BCUT2D eigenvalue weighted by Gasteiger charge is -2.47. The molecular formula is C30H41N3O. The van der Waals surface area contributed by atoms with Crippen LogP contribution in [-0.4, -0.2) is 35.5 Å². The lowest BCUT2D eigenvalue weighted by molar-refractivity contribution is -0.125. The highest BCUT2D eigenvalue weighted by Crippen LogP contribution is 2.44. The summed E-state index contributed by atoms with van der Waals surface area (Å²) in [5.41, 5.74) is 3.07. The number of nitrogens with one attached hydrogen (secondary N) is 1. The number of likely N-dealkylation sites (tertiary alicyclic amines) is 1. The second-order valence-corrected chi connectivity index (χ2v) is 10.8. The van der Waals surface area contributed by atoms with Crippen molar-refractivity contribution < 1.29 is 4.79 Å². The van der Waals surface area contributed by atoms with Crippen molar-refractivity contribution in [3.05, 3.63) is 65.7 Å². The molecule has 2 aliphatic heterocycles. The van der Waals surface area contributed by atoms with Crippen LogP contribution in [0.3, 0.4) is 0 Å². The van der Waals surface area contributed by atoms with Crippen LogP contribution in [0.5, 0.6) is 0 Å². The molecule has 0 aromatic heterocycles. The van der Waals surface area contributed by atoms with E-state index in [1.165, 1.54) is 63.4 Å². The van der Waals surface area contributed by atoms with Gasteiger partial charge in [0.25, 0.3) is 0 Å². The molecule has 1 spiro atoms. The van der Waals surface area contributed by atoms with E-state index in [9.17, 15) is 4.79 Å². The van der Waals surface area contributed by atoms with Crippen LogP contribution in [0.15, 0.2) is 54.6 Å². The van der Waals surface area contributed by atoms with Crippen LogP contribution in [0, 0.1) is 6.92 Å². The Hall–Kier alpha value is -2.33. The summed E-state index contributed by atoms with van der Waals surface area (Å²) in [6.45, 7) is 4.17. The molecule has 1 atom stereocenters. The standard InChI is InChI=1S/C30H41N3O/c1-24-13-12-18-27(23-24)33-28(25-14-8-7-9-15-25)31-29(34)30(33)19-21-32(22-20-30)26-16-10-5-3-2-4-6-11-17-26/h7-9,12-15,18,23,26,28H,2-6,10-11,16-17,19-22H2,1H3,(H,31,34). The third kappa shape index (κ3) is 4.75. The number of carbonyl (C=O) groups excluding carboxylic acids is 1. The quantitative estimate of drug-likeness (QED) is 0.580. The SMILES string of the molecule is Cc1cccc(N2C(c3ccccc3)NC(=O)C23CCN(C2CCCCCCCCC2)CC3)c1. The minimum absolute atomic E-state index is 0.115. The molecule has 1 aliphatic carbocycles. The average Bonchev–Trinajstić information content (AvgIpc) is 3.15. The van der Waals surface area contributed by atoms with Gasteiger partial charge in [0.15, 0.2) is 0 Å². The minimum atomic E-state index is -0.471. The van der Waals surface area contributed by atoms with E-state index in [0.717, 1.165) is 37.2 Å². The van der Waals surface area contributed by atoms with Crippen molar-refractivity contribution in [1.82, 2.24) is 10.2 Å². The molecule has 0 radical (unpaired) electrons. The van der Waals surface area contributed by atoms with Gasteiger partial charge in [-0.15, -0.1) is 0 Å². The second-order valence-electron chi connectivity index (χ2n) is 10.8. The van der Waals surface area contributed by atoms with Crippen LogP contribution in [0.25, 0.3) is 0 Å². The molecule has 4 heteroatoms. The predicted molar refractivity (Wildman–Crippen MR) is 140 cm³/mol. The summed E-state index contributed by atoms with van der Waals surface area (Å²) in [7, 11) is 0. The fourth-order valence-electron chi connectivity index (χ4n) is 6.60. The predicted octanol–water partition coefficient (Wildman–Crippen LogP) is 6.36. The average molecular weight is 460 g/mol. The molecule has 3 aliphatic rings. The first kappa shape index (κ1) is 23.4. The number of aryl methyl sites for hydroxylation is 1. The van der Waals surface area contributed by atoms with Crippen LogP contribution >= 0.6 is 0 Å². The summed E-state index contributed by atoms with van der Waals surface area (Å²) in [4.78, 5) is 18.8. The Morgan fingerprint density at radius 1 is 0.824 bits per heavy atom. The first-order valence-electron chi connectivity index (χ1n) is 13.6. The van der Waals surface area contributed by atoms with Crippen LogP contribution < -0.4 is 10.2 Å². The molecule has 1 saturated carbocycles. The van der Waals surface area contributed by atoms with Gasteiger partial charge in [0.05, 0.1) is 0 Å². The third-order valence-corrected chi connectivity index (χ3v) is 8.52. The molecule has 1 N–H and O–H groups in total. The van der Waals surface area contributed by atoms with E-state index in [1.54, 1.807) is 0 Å². The Morgan fingerprint density at radius 2 is 1.47 bits per heavy atom. The number of carbonyl (C=O) groups is 1. The molecule has 3 fully saturated rings. The first-order valence-corrected chi connectivity index (χ1v) is 13.6. The first-order chi connectivity index (χ1) is 16.7. The summed E-state index contributed by atoms with van der Waals surface area (Å²) in [5.74, 6) is 0.202. The minimum Gasteiger partial charge on any atom is -0.332 e. The Morgan fingerprint density at radius 3 is 2.12 bits per heavy atom. The Kier molecular flexibility index (Phi) is 7.24. The van der Waals surface area contributed by atoms with Crippen LogP contribution in [0.2, 0.25) is 0 Å². The molecule has 1 amide bonds. The molecule has 2 aromatic rings. The summed E-state index contributed by atoms with van der Waals surface area (Å²) in [5, 5.41) is 3.40. The van der Waals surface area contributed by atoms with Crippen LogP contribution in [-0.2, 0) is 4.79 Å². The maximum absolute atomic E-state index is 13.7. The molecule has 4 nitrogen and oxygen atoms in total. The van der Waals surface area contributed by atoms with Gasteiger partial charge in [0.2, 0.25) is 5.91 Å². The van der Waals surface area contributed by atoms with Gasteiger partial charge in [0, 0.05) is 24.8 Å². The molecule has 182 valence electrons. The molecule has 34 heavy (non-hydrogen) atoms. The Labute approximate surface area is 205 Å². The number of piperidine rings is 1. The third-order valence-electron chi connectivity index (χ3n) is 8.52. The topological polar surface area (TPSA) is 35.6 Å². The molecule has 1 unspecified atom stereocenters. The monoisotopic (exact) mass is 459 g/mol. The fraction of sp³-hybridized carbons (Fsp3) is 0.567. The van der Waals surface area contributed by atoms with Gasteiger partial charge in [0.1, 0.15) is 11.7 Å². The van der Waals surface area contributed by atoms with Crippen molar-refractivity contribution in [2.75, 3.05) is 18.0 Å². The molecule has 5 rings (SSSR count). The summed E-state index contributed by atoms with van der Waals surface area (Å²) in [6, 6.07) is 19.8. The summed E-state index contributed by atoms with van der Waals surface area (Å²) < 4.78 is 0. The smallest absolute Gasteiger partial charge is 0.247 e. The number of rotatable bonds is 3. The normalized spacial score (nSPS) is 24.8. The van der Waals surface area contributed by atoms with E-state index >= 15 is 0 Å². The van der Waals surface area contributed by atoms with E-state index < -0.39 is 5.54 Å². The van der Waals surface area contributed by atoms with Gasteiger partial charge < -0.3 is 15.1 Å². The zero-order chi connectivity index (χ0) is 23.4. The Balaban J connectivity index is 1.39. The maximum atomic E-state index is 13.7. The number of benzene rings is 2. The molecule has 2 aromatic carbocycles. The number of hydrogen-bond acceptors (Lipinski definition) is 3. The number of amides is 1.